The zero-order chi connectivity index (χ0) is 25.6. The number of thiazole rings is 1. The SMILES string of the molecule is Cc1nc(Oc2cccc(C(=O)NCc3ccccc3Cl)c2)c(-c2ccnc(N[C@H]3CCCNC3)n2)s1. The monoisotopic (exact) mass is 534 g/mol. The molecule has 1 saturated heterocycles. The van der Waals surface area contributed by atoms with Crippen LogP contribution in [0.25, 0.3) is 10.6 Å². The second-order valence-corrected chi connectivity index (χ2v) is 10.3. The van der Waals surface area contributed by atoms with E-state index in [0.717, 1.165) is 47.1 Å². The van der Waals surface area contributed by atoms with Crippen molar-refractivity contribution in [2.45, 2.75) is 32.4 Å². The van der Waals surface area contributed by atoms with Crippen LogP contribution in [-0.2, 0) is 6.54 Å². The number of hydrogen-bond acceptors (Lipinski definition) is 8. The molecule has 1 fully saturated rings. The number of ether oxygens (including phenoxy) is 1. The molecule has 1 atom stereocenters. The van der Waals surface area contributed by atoms with Crippen molar-refractivity contribution >= 4 is 34.8 Å². The summed E-state index contributed by atoms with van der Waals surface area (Å²) in [6.45, 7) is 4.20. The second kappa shape index (κ2) is 11.7. The van der Waals surface area contributed by atoms with Gasteiger partial charge in [0, 0.05) is 35.9 Å². The summed E-state index contributed by atoms with van der Waals surface area (Å²) in [6, 6.07) is 16.6. The molecule has 3 heterocycles. The van der Waals surface area contributed by atoms with E-state index < -0.39 is 0 Å². The average Bonchev–Trinajstić information content (AvgIpc) is 3.28. The second-order valence-electron chi connectivity index (χ2n) is 8.72. The fraction of sp³-hybridized carbons (Fsp3) is 0.259. The highest BCUT2D eigenvalue weighted by Crippen LogP contribution is 2.37. The molecule has 5 rings (SSSR count). The Morgan fingerprint density at radius 3 is 2.92 bits per heavy atom. The maximum Gasteiger partial charge on any atom is 0.251 e. The number of halogens is 1. The van der Waals surface area contributed by atoms with Crippen LogP contribution in [0.1, 0.15) is 33.8 Å². The number of carbonyl (C=O) groups excluding carboxylic acids is 1. The summed E-state index contributed by atoms with van der Waals surface area (Å²) in [5, 5.41) is 11.2. The van der Waals surface area contributed by atoms with Gasteiger partial charge in [-0.3, -0.25) is 4.79 Å². The third-order valence-corrected chi connectivity index (χ3v) is 7.27. The van der Waals surface area contributed by atoms with Gasteiger partial charge in [0.05, 0.1) is 10.7 Å². The molecular formula is C27H27ClN6O2S. The lowest BCUT2D eigenvalue weighted by molar-refractivity contribution is 0.0950. The smallest absolute Gasteiger partial charge is 0.251 e. The van der Waals surface area contributed by atoms with E-state index in [1.165, 1.54) is 11.3 Å². The largest absolute Gasteiger partial charge is 0.437 e. The van der Waals surface area contributed by atoms with Crippen LogP contribution >= 0.6 is 22.9 Å². The number of hydrogen-bond donors (Lipinski definition) is 3. The van der Waals surface area contributed by atoms with Crippen LogP contribution in [0.2, 0.25) is 5.02 Å². The number of carbonyl (C=O) groups is 1. The van der Waals surface area contributed by atoms with Gasteiger partial charge < -0.3 is 20.7 Å². The number of nitrogens with one attached hydrogen (secondary N) is 3. The van der Waals surface area contributed by atoms with E-state index in [4.69, 9.17) is 21.3 Å². The number of piperidine rings is 1. The van der Waals surface area contributed by atoms with E-state index in [1.807, 2.05) is 31.2 Å². The Morgan fingerprint density at radius 2 is 2.08 bits per heavy atom. The molecular weight excluding hydrogens is 508 g/mol. The zero-order valence-electron chi connectivity index (χ0n) is 20.3. The Hall–Kier alpha value is -3.53. The van der Waals surface area contributed by atoms with Crippen LogP contribution in [0.4, 0.5) is 5.95 Å². The van der Waals surface area contributed by atoms with Crippen molar-refractivity contribution in [3.05, 3.63) is 82.0 Å². The summed E-state index contributed by atoms with van der Waals surface area (Å²) < 4.78 is 6.15. The van der Waals surface area contributed by atoms with Crippen molar-refractivity contribution in [2.75, 3.05) is 18.4 Å². The number of aromatic nitrogens is 3. The third-order valence-electron chi connectivity index (χ3n) is 5.93. The molecule has 0 bridgehead atoms. The summed E-state index contributed by atoms with van der Waals surface area (Å²) in [5.74, 6) is 1.32. The Morgan fingerprint density at radius 1 is 1.19 bits per heavy atom. The maximum atomic E-state index is 12.8. The van der Waals surface area contributed by atoms with Gasteiger partial charge in [0.2, 0.25) is 11.8 Å². The molecule has 1 aliphatic rings. The molecule has 8 nitrogen and oxygen atoms in total. The van der Waals surface area contributed by atoms with Crippen molar-refractivity contribution in [2.24, 2.45) is 0 Å². The first-order valence-corrected chi connectivity index (χ1v) is 13.3. The van der Waals surface area contributed by atoms with Gasteiger partial charge in [-0.05, 0) is 62.2 Å². The van der Waals surface area contributed by atoms with Crippen LogP contribution in [-0.4, -0.2) is 40.0 Å². The predicted octanol–water partition coefficient (Wildman–Crippen LogP) is 5.45. The molecule has 37 heavy (non-hydrogen) atoms. The van der Waals surface area contributed by atoms with Crippen molar-refractivity contribution in [1.82, 2.24) is 25.6 Å². The van der Waals surface area contributed by atoms with Gasteiger partial charge in [-0.15, -0.1) is 11.3 Å². The average molecular weight is 535 g/mol. The van der Waals surface area contributed by atoms with Gasteiger partial charge in [0.25, 0.3) is 5.91 Å². The normalized spacial score (nSPS) is 15.2. The Kier molecular flexibility index (Phi) is 7.93. The summed E-state index contributed by atoms with van der Waals surface area (Å²) in [7, 11) is 0. The molecule has 190 valence electrons. The van der Waals surface area contributed by atoms with E-state index in [0.29, 0.717) is 40.8 Å². The molecule has 1 aliphatic heterocycles. The van der Waals surface area contributed by atoms with Gasteiger partial charge >= 0.3 is 0 Å². The van der Waals surface area contributed by atoms with E-state index in [2.05, 4.69) is 25.9 Å². The number of aryl methyl sites for hydroxylation is 1. The number of rotatable bonds is 8. The van der Waals surface area contributed by atoms with Gasteiger partial charge in [-0.1, -0.05) is 35.9 Å². The Bertz CT molecular complexity index is 1390. The molecule has 0 saturated carbocycles. The molecule has 0 aliphatic carbocycles. The highest BCUT2D eigenvalue weighted by atomic mass is 35.5. The maximum absolute atomic E-state index is 12.8. The highest BCUT2D eigenvalue weighted by molar-refractivity contribution is 7.15. The molecule has 10 heteroatoms. The van der Waals surface area contributed by atoms with E-state index in [1.54, 1.807) is 36.5 Å². The van der Waals surface area contributed by atoms with Crippen molar-refractivity contribution < 1.29 is 9.53 Å². The minimum Gasteiger partial charge on any atom is -0.437 e. The van der Waals surface area contributed by atoms with Gasteiger partial charge in [0.15, 0.2) is 0 Å². The third kappa shape index (κ3) is 6.43. The molecule has 1 amide bonds. The number of anilines is 1. The van der Waals surface area contributed by atoms with Crippen molar-refractivity contribution in [3.63, 3.8) is 0 Å². The van der Waals surface area contributed by atoms with Crippen LogP contribution in [0.3, 0.4) is 0 Å². The summed E-state index contributed by atoms with van der Waals surface area (Å²) in [6.07, 6.45) is 3.95. The summed E-state index contributed by atoms with van der Waals surface area (Å²) >= 11 is 7.70. The van der Waals surface area contributed by atoms with Crippen molar-refractivity contribution in [3.8, 4) is 22.2 Å². The first-order valence-electron chi connectivity index (χ1n) is 12.1. The molecule has 2 aromatic heterocycles. The lowest BCUT2D eigenvalue weighted by Gasteiger charge is -2.23. The predicted molar refractivity (Wildman–Crippen MR) is 147 cm³/mol. The fourth-order valence-corrected chi connectivity index (χ4v) is 5.10. The molecule has 0 spiro atoms. The lowest BCUT2D eigenvalue weighted by Crippen LogP contribution is -2.38. The minimum absolute atomic E-state index is 0.219. The van der Waals surface area contributed by atoms with Gasteiger partial charge in [-0.25, -0.2) is 15.0 Å². The number of nitrogens with zero attached hydrogens (tertiary/aromatic N) is 3. The summed E-state index contributed by atoms with van der Waals surface area (Å²) in [5.41, 5.74) is 2.06. The topological polar surface area (TPSA) is 101 Å². The quantitative estimate of drug-likeness (QED) is 0.276. The standard InChI is InChI=1S/C27H27ClN6O2S/c1-17-32-26(24(37-17)23-11-13-30-27(34-23)33-20-8-5-12-29-16-20)36-21-9-4-7-18(14-21)25(35)31-15-19-6-2-3-10-22(19)28/h2-4,6-7,9-11,13-14,20,29H,5,8,12,15-16H2,1H3,(H,31,35)(H,30,33,34)/t20-/m0/s1. The van der Waals surface area contributed by atoms with Crippen LogP contribution in [0.15, 0.2) is 60.8 Å². The highest BCUT2D eigenvalue weighted by Gasteiger charge is 2.18. The fourth-order valence-electron chi connectivity index (χ4n) is 4.08. The zero-order valence-corrected chi connectivity index (χ0v) is 21.9. The molecule has 2 aromatic carbocycles. The van der Waals surface area contributed by atoms with Crippen LogP contribution < -0.4 is 20.7 Å². The Balaban J connectivity index is 1.30. The molecule has 4 aromatic rings. The van der Waals surface area contributed by atoms with Crippen molar-refractivity contribution in [1.29, 1.82) is 0 Å². The summed E-state index contributed by atoms with van der Waals surface area (Å²) in [4.78, 5) is 27.3. The van der Waals surface area contributed by atoms with E-state index in [-0.39, 0.29) is 5.91 Å². The van der Waals surface area contributed by atoms with E-state index >= 15 is 0 Å². The molecule has 3 N–H and O–H groups in total. The number of amides is 1. The first-order chi connectivity index (χ1) is 18.0. The Labute approximate surface area is 224 Å². The number of benzene rings is 2. The molecule has 0 radical (unpaired) electrons. The molecule has 0 unspecified atom stereocenters. The first kappa shape index (κ1) is 25.1. The minimum atomic E-state index is -0.219. The lowest BCUT2D eigenvalue weighted by atomic mass is 10.1. The van der Waals surface area contributed by atoms with Crippen LogP contribution in [0, 0.1) is 6.92 Å². The van der Waals surface area contributed by atoms with E-state index in [9.17, 15) is 4.79 Å². The van der Waals surface area contributed by atoms with Gasteiger partial charge in [-0.2, -0.15) is 0 Å². The van der Waals surface area contributed by atoms with Gasteiger partial charge in [0.1, 0.15) is 10.6 Å². The van der Waals surface area contributed by atoms with Crippen LogP contribution in [0.5, 0.6) is 11.6 Å².